The lowest BCUT2D eigenvalue weighted by atomic mass is 10.1. The molecule has 5 rings (SSSR count). The zero-order valence-corrected chi connectivity index (χ0v) is 19.4. The number of fused-ring (bicyclic) bond motifs is 1. The Balaban J connectivity index is 1.65. The molecule has 0 bridgehead atoms. The van der Waals surface area contributed by atoms with E-state index in [2.05, 4.69) is 4.90 Å². The van der Waals surface area contributed by atoms with E-state index in [0.29, 0.717) is 43.2 Å². The first-order valence-corrected chi connectivity index (χ1v) is 11.8. The maximum Gasteiger partial charge on any atom is 0.332 e. The van der Waals surface area contributed by atoms with Crippen LogP contribution in [0.3, 0.4) is 0 Å². The third kappa shape index (κ3) is 4.17. The average molecular weight is 459 g/mol. The topological polar surface area (TPSA) is 91.1 Å². The number of rotatable bonds is 6. The van der Waals surface area contributed by atoms with E-state index in [1.165, 1.54) is 9.13 Å². The molecule has 4 aromatic rings. The van der Waals surface area contributed by atoms with Gasteiger partial charge in [-0.05, 0) is 30.4 Å². The van der Waals surface area contributed by atoms with Gasteiger partial charge in [-0.15, -0.1) is 0 Å². The van der Waals surface area contributed by atoms with Gasteiger partial charge in [0, 0.05) is 32.7 Å². The van der Waals surface area contributed by atoms with E-state index in [1.807, 2.05) is 65.2 Å². The van der Waals surface area contributed by atoms with Crippen LogP contribution < -0.4 is 21.9 Å². The van der Waals surface area contributed by atoms with Gasteiger partial charge < -0.3 is 10.6 Å². The summed E-state index contributed by atoms with van der Waals surface area (Å²) in [5, 5.41) is 0. The number of hydrogen-bond acceptors (Lipinski definition) is 5. The molecule has 0 spiro atoms. The normalized spacial score (nSPS) is 16.3. The lowest BCUT2D eigenvalue weighted by Gasteiger charge is -2.31. The third-order valence-corrected chi connectivity index (χ3v) is 6.60. The molecule has 1 fully saturated rings. The van der Waals surface area contributed by atoms with Crippen molar-refractivity contribution < 1.29 is 0 Å². The highest BCUT2D eigenvalue weighted by Gasteiger charge is 2.26. The highest BCUT2D eigenvalue weighted by Crippen LogP contribution is 2.24. The van der Waals surface area contributed by atoms with Crippen molar-refractivity contribution in [2.45, 2.75) is 38.4 Å². The summed E-state index contributed by atoms with van der Waals surface area (Å²) in [6.07, 6.45) is 2.54. The van der Waals surface area contributed by atoms with Crippen LogP contribution in [0, 0.1) is 0 Å². The number of anilines is 1. The van der Waals surface area contributed by atoms with Crippen LogP contribution >= 0.6 is 0 Å². The molecule has 0 amide bonds. The number of imidazole rings is 1. The fourth-order valence-corrected chi connectivity index (χ4v) is 4.79. The highest BCUT2D eigenvalue weighted by atomic mass is 16.2. The molecular weight excluding hydrogens is 428 g/mol. The summed E-state index contributed by atoms with van der Waals surface area (Å²) in [6, 6.07) is 20.0. The zero-order chi connectivity index (χ0) is 23.7. The van der Waals surface area contributed by atoms with Gasteiger partial charge in [-0.1, -0.05) is 60.7 Å². The van der Waals surface area contributed by atoms with Crippen molar-refractivity contribution in [3.8, 4) is 0 Å². The van der Waals surface area contributed by atoms with Gasteiger partial charge in [-0.3, -0.25) is 18.5 Å². The molecule has 34 heavy (non-hydrogen) atoms. The van der Waals surface area contributed by atoms with Crippen LogP contribution in [0.2, 0.25) is 0 Å². The van der Waals surface area contributed by atoms with Gasteiger partial charge in [-0.25, -0.2) is 4.79 Å². The molecule has 0 radical (unpaired) electrons. The van der Waals surface area contributed by atoms with Crippen LogP contribution in [0.5, 0.6) is 0 Å². The lowest BCUT2D eigenvalue weighted by Crippen LogP contribution is -2.44. The number of nitrogens with zero attached hydrogens (tertiary/aromatic N) is 5. The number of piperidine rings is 1. The molecule has 8 heteroatoms. The first-order valence-electron chi connectivity index (χ1n) is 11.8. The molecule has 2 aromatic carbocycles. The Bertz CT molecular complexity index is 1400. The number of hydrogen-bond donors (Lipinski definition) is 1. The van der Waals surface area contributed by atoms with Crippen molar-refractivity contribution in [2.24, 2.45) is 12.8 Å². The highest BCUT2D eigenvalue weighted by molar-refractivity contribution is 5.75. The monoisotopic (exact) mass is 458 g/mol. The summed E-state index contributed by atoms with van der Waals surface area (Å²) in [7, 11) is 1.69. The van der Waals surface area contributed by atoms with Gasteiger partial charge in [-0.2, -0.15) is 4.98 Å². The number of aromatic nitrogens is 4. The number of benzene rings is 2. The standard InChI is InChI=1S/C26H30N6O2/c1-29-23-22(24(33)31(26(29)34)16-14-19-9-4-2-5-10-19)32(17-20-11-6-3-7-12-20)25(28-23)30-15-8-13-21(27)18-30/h2-7,9-12,21H,8,13-18,27H2,1H3. The van der Waals surface area contributed by atoms with Crippen molar-refractivity contribution in [3.63, 3.8) is 0 Å². The molecule has 3 heterocycles. The second-order valence-corrected chi connectivity index (χ2v) is 9.04. The Morgan fingerprint density at radius 2 is 1.65 bits per heavy atom. The quantitative estimate of drug-likeness (QED) is 0.478. The molecule has 176 valence electrons. The molecule has 1 aliphatic rings. The van der Waals surface area contributed by atoms with Gasteiger partial charge >= 0.3 is 5.69 Å². The van der Waals surface area contributed by atoms with Crippen LogP contribution in [0.1, 0.15) is 24.0 Å². The van der Waals surface area contributed by atoms with Gasteiger partial charge in [0.2, 0.25) is 5.95 Å². The first kappa shape index (κ1) is 22.2. The number of aryl methyl sites for hydroxylation is 2. The fourth-order valence-electron chi connectivity index (χ4n) is 4.79. The van der Waals surface area contributed by atoms with Gasteiger partial charge in [0.05, 0.1) is 6.54 Å². The largest absolute Gasteiger partial charge is 0.341 e. The molecule has 1 atom stereocenters. The molecule has 0 aliphatic carbocycles. The minimum Gasteiger partial charge on any atom is -0.341 e. The Hall–Kier alpha value is -3.65. The van der Waals surface area contributed by atoms with Gasteiger partial charge in [0.15, 0.2) is 11.2 Å². The molecular formula is C26H30N6O2. The molecule has 1 unspecified atom stereocenters. The summed E-state index contributed by atoms with van der Waals surface area (Å²) in [5.74, 6) is 0.696. The third-order valence-electron chi connectivity index (χ3n) is 6.60. The van der Waals surface area contributed by atoms with E-state index in [4.69, 9.17) is 10.7 Å². The van der Waals surface area contributed by atoms with E-state index in [9.17, 15) is 9.59 Å². The molecule has 8 nitrogen and oxygen atoms in total. The van der Waals surface area contributed by atoms with Crippen molar-refractivity contribution in [1.82, 2.24) is 18.7 Å². The second-order valence-electron chi connectivity index (χ2n) is 9.04. The second kappa shape index (κ2) is 9.30. The maximum absolute atomic E-state index is 13.7. The van der Waals surface area contributed by atoms with Crippen molar-refractivity contribution in [2.75, 3.05) is 18.0 Å². The Morgan fingerprint density at radius 1 is 0.971 bits per heavy atom. The molecule has 2 aromatic heterocycles. The fraction of sp³-hybridized carbons (Fsp3) is 0.346. The first-order chi connectivity index (χ1) is 16.5. The van der Waals surface area contributed by atoms with E-state index < -0.39 is 0 Å². The average Bonchev–Trinajstić information content (AvgIpc) is 3.23. The van der Waals surface area contributed by atoms with E-state index in [0.717, 1.165) is 30.5 Å². The molecule has 1 aliphatic heterocycles. The minimum atomic E-state index is -0.348. The van der Waals surface area contributed by atoms with Crippen molar-refractivity contribution >= 4 is 17.1 Å². The predicted molar refractivity (Wildman–Crippen MR) is 134 cm³/mol. The van der Waals surface area contributed by atoms with Crippen LogP contribution in [0.15, 0.2) is 70.3 Å². The van der Waals surface area contributed by atoms with E-state index in [1.54, 1.807) is 7.05 Å². The predicted octanol–water partition coefficient (Wildman–Crippen LogP) is 2.12. The molecule has 2 N–H and O–H groups in total. The van der Waals surface area contributed by atoms with E-state index in [-0.39, 0.29) is 17.3 Å². The summed E-state index contributed by atoms with van der Waals surface area (Å²) in [4.78, 5) is 33.9. The van der Waals surface area contributed by atoms with Crippen molar-refractivity contribution in [3.05, 3.63) is 92.6 Å². The maximum atomic E-state index is 13.7. The van der Waals surface area contributed by atoms with Crippen molar-refractivity contribution in [1.29, 1.82) is 0 Å². The van der Waals surface area contributed by atoms with Crippen LogP contribution in [-0.4, -0.2) is 37.8 Å². The Kier molecular flexibility index (Phi) is 6.06. The summed E-state index contributed by atoms with van der Waals surface area (Å²) in [6.45, 7) is 2.30. The van der Waals surface area contributed by atoms with Gasteiger partial charge in [0.1, 0.15) is 0 Å². The van der Waals surface area contributed by atoms with Crippen LogP contribution in [0.4, 0.5) is 5.95 Å². The summed E-state index contributed by atoms with van der Waals surface area (Å²) in [5.41, 5.74) is 8.62. The smallest absolute Gasteiger partial charge is 0.332 e. The summed E-state index contributed by atoms with van der Waals surface area (Å²) >= 11 is 0. The molecule has 1 saturated heterocycles. The lowest BCUT2D eigenvalue weighted by molar-refractivity contribution is 0.495. The minimum absolute atomic E-state index is 0.0603. The Morgan fingerprint density at radius 3 is 2.32 bits per heavy atom. The Labute approximate surface area is 197 Å². The number of nitrogens with two attached hydrogens (primary N) is 1. The zero-order valence-electron chi connectivity index (χ0n) is 19.4. The SMILES string of the molecule is Cn1c(=O)n(CCc2ccccc2)c(=O)c2c1nc(N1CCCC(N)C1)n2Cc1ccccc1. The van der Waals surface area contributed by atoms with E-state index >= 15 is 0 Å². The molecule has 0 saturated carbocycles. The van der Waals surface area contributed by atoms with Crippen LogP contribution in [-0.2, 0) is 26.6 Å². The van der Waals surface area contributed by atoms with Crippen LogP contribution in [0.25, 0.3) is 11.2 Å². The van der Waals surface area contributed by atoms with Gasteiger partial charge in [0.25, 0.3) is 5.56 Å². The summed E-state index contributed by atoms with van der Waals surface area (Å²) < 4.78 is 4.80.